The van der Waals surface area contributed by atoms with Gasteiger partial charge in [0.25, 0.3) is 0 Å². The lowest BCUT2D eigenvalue weighted by Crippen LogP contribution is -2.65. The molecule has 0 aliphatic heterocycles. The van der Waals surface area contributed by atoms with Gasteiger partial charge in [-0.05, 0) is 69.6 Å². The minimum Gasteiger partial charge on any atom is -0.392 e. The summed E-state index contributed by atoms with van der Waals surface area (Å²) in [5, 5.41) is 16.7. The monoisotopic (exact) mass is 486 g/mol. The summed E-state index contributed by atoms with van der Waals surface area (Å²) in [6.45, 7) is 2.86. The number of aliphatic hydroxyl groups is 1. The molecule has 5 aliphatic carbocycles. The molecule has 0 spiro atoms. The number of ether oxygens (including phenoxy) is 1. The van der Waals surface area contributed by atoms with Crippen molar-refractivity contribution in [2.45, 2.75) is 113 Å². The fraction of sp³-hybridized carbons (Fsp3) is 0.920. The van der Waals surface area contributed by atoms with Crippen molar-refractivity contribution in [3.8, 4) is 0 Å². The molecule has 3 N–H and O–H groups in total. The number of amides is 2. The van der Waals surface area contributed by atoms with Crippen LogP contribution in [0.3, 0.4) is 0 Å². The quantitative estimate of drug-likeness (QED) is 0.479. The molecule has 0 aromatic rings. The standard InChI is InChI=1S/C25H40ClFN2O4/c1-16-3-2-4-17(11-16)14-28-23(32)25-9-7-24(8-10-25,13-21(25)30)29-22(31)15-33-18-5-6-19(26)20(27)12-18/h16-21,30H,2-15H2,1H3,(H,28,32)(H,29,31). The molecule has 0 radical (unpaired) electrons. The van der Waals surface area contributed by atoms with Crippen molar-refractivity contribution in [1.29, 1.82) is 0 Å². The predicted molar refractivity (Wildman–Crippen MR) is 125 cm³/mol. The third-order valence-electron chi connectivity index (χ3n) is 8.87. The summed E-state index contributed by atoms with van der Waals surface area (Å²) in [6.07, 6.45) is 6.99. The van der Waals surface area contributed by atoms with Crippen molar-refractivity contribution >= 4 is 23.4 Å². The predicted octanol–water partition coefficient (Wildman–Crippen LogP) is 3.62. The summed E-state index contributed by atoms with van der Waals surface area (Å²) in [5.74, 6) is 0.988. The molecule has 188 valence electrons. The van der Waals surface area contributed by atoms with Gasteiger partial charge in [0.1, 0.15) is 12.8 Å². The molecule has 5 fully saturated rings. The third kappa shape index (κ3) is 5.67. The molecule has 6 atom stereocenters. The number of fused-ring (bicyclic) bond motifs is 3. The fourth-order valence-corrected chi connectivity index (χ4v) is 6.94. The van der Waals surface area contributed by atoms with E-state index in [1.165, 1.54) is 12.8 Å². The van der Waals surface area contributed by atoms with E-state index in [0.717, 1.165) is 18.8 Å². The van der Waals surface area contributed by atoms with Crippen LogP contribution in [0.5, 0.6) is 0 Å². The average Bonchev–Trinajstić information content (AvgIpc) is 2.79. The second kappa shape index (κ2) is 10.4. The van der Waals surface area contributed by atoms with Gasteiger partial charge in [-0.1, -0.05) is 19.8 Å². The molecule has 0 aromatic heterocycles. The van der Waals surface area contributed by atoms with Gasteiger partial charge >= 0.3 is 0 Å². The van der Waals surface area contributed by atoms with Crippen LogP contribution in [-0.4, -0.2) is 59.4 Å². The summed E-state index contributed by atoms with van der Waals surface area (Å²) < 4.78 is 19.4. The molecule has 0 saturated heterocycles. The minimum atomic E-state index is -1.10. The molecule has 33 heavy (non-hydrogen) atoms. The lowest BCUT2D eigenvalue weighted by molar-refractivity contribution is -0.157. The summed E-state index contributed by atoms with van der Waals surface area (Å²) in [4.78, 5) is 25.7. The van der Waals surface area contributed by atoms with E-state index in [2.05, 4.69) is 17.6 Å². The zero-order valence-electron chi connectivity index (χ0n) is 19.8. The van der Waals surface area contributed by atoms with E-state index in [9.17, 15) is 19.1 Å². The van der Waals surface area contributed by atoms with Crippen LogP contribution in [0.25, 0.3) is 0 Å². The number of carbonyl (C=O) groups excluding carboxylic acids is 2. The molecule has 5 saturated carbocycles. The highest BCUT2D eigenvalue weighted by atomic mass is 35.5. The number of hydrogen-bond acceptors (Lipinski definition) is 4. The van der Waals surface area contributed by atoms with Crippen LogP contribution < -0.4 is 10.6 Å². The highest BCUT2D eigenvalue weighted by molar-refractivity contribution is 6.21. The van der Waals surface area contributed by atoms with Crippen molar-refractivity contribution in [2.24, 2.45) is 17.3 Å². The van der Waals surface area contributed by atoms with Crippen LogP contribution in [0.15, 0.2) is 0 Å². The Labute approximate surface area is 201 Å². The molecule has 5 aliphatic rings. The zero-order chi connectivity index (χ0) is 23.6. The van der Waals surface area contributed by atoms with Crippen LogP contribution in [0.2, 0.25) is 0 Å². The van der Waals surface area contributed by atoms with Crippen molar-refractivity contribution in [1.82, 2.24) is 10.6 Å². The highest BCUT2D eigenvalue weighted by Gasteiger charge is 2.58. The molecular weight excluding hydrogens is 447 g/mol. The summed E-state index contributed by atoms with van der Waals surface area (Å²) in [6, 6.07) is 0. The first kappa shape index (κ1) is 25.2. The smallest absolute Gasteiger partial charge is 0.246 e. The lowest BCUT2D eigenvalue weighted by Gasteiger charge is -2.55. The first-order valence-corrected chi connectivity index (χ1v) is 13.3. The Hall–Kier alpha value is -0.920. The van der Waals surface area contributed by atoms with Crippen LogP contribution >= 0.6 is 11.6 Å². The van der Waals surface area contributed by atoms with Crippen LogP contribution in [-0.2, 0) is 14.3 Å². The van der Waals surface area contributed by atoms with Crippen molar-refractivity contribution in [3.63, 3.8) is 0 Å². The van der Waals surface area contributed by atoms with Gasteiger partial charge in [0.15, 0.2) is 0 Å². The fourth-order valence-electron chi connectivity index (χ4n) is 6.71. The van der Waals surface area contributed by atoms with E-state index in [1.54, 1.807) is 0 Å². The molecule has 2 amide bonds. The maximum absolute atomic E-state index is 13.8. The van der Waals surface area contributed by atoms with Crippen molar-refractivity contribution in [3.05, 3.63) is 0 Å². The first-order chi connectivity index (χ1) is 15.7. The maximum atomic E-state index is 13.8. The maximum Gasteiger partial charge on any atom is 0.246 e. The van der Waals surface area contributed by atoms with Gasteiger partial charge in [-0.2, -0.15) is 0 Å². The van der Waals surface area contributed by atoms with Crippen LogP contribution in [0, 0.1) is 17.3 Å². The number of carbonyl (C=O) groups is 2. The molecule has 0 heterocycles. The zero-order valence-corrected chi connectivity index (χ0v) is 20.5. The van der Waals surface area contributed by atoms with Gasteiger partial charge in [0, 0.05) is 18.5 Å². The van der Waals surface area contributed by atoms with Gasteiger partial charge in [0.05, 0.1) is 23.0 Å². The van der Waals surface area contributed by atoms with E-state index in [4.69, 9.17) is 16.3 Å². The number of aliphatic hydroxyl groups excluding tert-OH is 1. The number of hydrogen-bond donors (Lipinski definition) is 3. The van der Waals surface area contributed by atoms with E-state index < -0.39 is 28.6 Å². The highest BCUT2D eigenvalue weighted by Crippen LogP contribution is 2.52. The SMILES string of the molecule is CC1CCCC(CNC(=O)C23CCC(NC(=O)COC4CCC(Cl)C(F)C4)(CC2)CC3O)C1. The molecule has 0 aromatic carbocycles. The minimum absolute atomic E-state index is 0.0214. The Bertz CT molecular complexity index is 715. The number of nitrogens with one attached hydrogen (secondary N) is 2. The second-order valence-electron chi connectivity index (χ2n) is 11.3. The topological polar surface area (TPSA) is 87.7 Å². The summed E-state index contributed by atoms with van der Waals surface area (Å²) in [7, 11) is 0. The molecule has 5 rings (SSSR count). The van der Waals surface area contributed by atoms with E-state index in [-0.39, 0.29) is 30.9 Å². The first-order valence-electron chi connectivity index (χ1n) is 12.9. The van der Waals surface area contributed by atoms with Gasteiger partial charge in [0.2, 0.25) is 11.8 Å². The van der Waals surface area contributed by atoms with E-state index in [0.29, 0.717) is 57.4 Å². The Balaban J connectivity index is 1.24. The second-order valence-corrected chi connectivity index (χ2v) is 11.9. The molecule has 6 nitrogen and oxygen atoms in total. The van der Waals surface area contributed by atoms with Crippen molar-refractivity contribution < 1.29 is 23.8 Å². The normalized spacial score (nSPS) is 43.2. The summed E-state index contributed by atoms with van der Waals surface area (Å²) >= 11 is 5.92. The van der Waals surface area contributed by atoms with Gasteiger partial charge in [-0.15, -0.1) is 11.6 Å². The van der Waals surface area contributed by atoms with E-state index in [1.807, 2.05) is 0 Å². The van der Waals surface area contributed by atoms with Crippen LogP contribution in [0.4, 0.5) is 4.39 Å². The van der Waals surface area contributed by atoms with Gasteiger partial charge < -0.3 is 20.5 Å². The Morgan fingerprint density at radius 2 is 1.88 bits per heavy atom. The molecule has 2 bridgehead atoms. The summed E-state index contributed by atoms with van der Waals surface area (Å²) in [5.41, 5.74) is -1.23. The molecule has 8 heteroatoms. The lowest BCUT2D eigenvalue weighted by atomic mass is 9.55. The van der Waals surface area contributed by atoms with Crippen LogP contribution in [0.1, 0.15) is 84.0 Å². The number of alkyl halides is 2. The Morgan fingerprint density at radius 1 is 1.12 bits per heavy atom. The Morgan fingerprint density at radius 3 is 2.55 bits per heavy atom. The van der Waals surface area contributed by atoms with Crippen molar-refractivity contribution in [2.75, 3.05) is 13.2 Å². The van der Waals surface area contributed by atoms with Gasteiger partial charge in [-0.25, -0.2) is 4.39 Å². The average molecular weight is 487 g/mol. The number of rotatable bonds is 7. The molecular formula is C25H40ClFN2O4. The van der Waals surface area contributed by atoms with E-state index >= 15 is 0 Å². The Kier molecular flexibility index (Phi) is 7.91. The van der Waals surface area contributed by atoms with Gasteiger partial charge in [-0.3, -0.25) is 9.59 Å². The molecule has 6 unspecified atom stereocenters. The number of halogens is 2. The third-order valence-corrected chi connectivity index (χ3v) is 9.36. The largest absolute Gasteiger partial charge is 0.392 e.